The molecule has 1 fully saturated rings. The van der Waals surface area contributed by atoms with Gasteiger partial charge in [0.25, 0.3) is 10.2 Å². The Bertz CT molecular complexity index is 709. The Morgan fingerprint density at radius 1 is 1.27 bits per heavy atom. The Morgan fingerprint density at radius 3 is 2.46 bits per heavy atom. The van der Waals surface area contributed by atoms with Crippen LogP contribution in [0, 0.1) is 5.82 Å². The smallest absolute Gasteiger partial charge is 0.282 e. The fourth-order valence-corrected chi connectivity index (χ4v) is 3.78. The largest absolute Gasteiger partial charge is 0.339 e. The molecule has 1 saturated heterocycles. The lowest BCUT2D eigenvalue weighted by molar-refractivity contribution is -0.131. The first-order valence-electron chi connectivity index (χ1n) is 7.82. The third kappa shape index (κ3) is 5.51. The van der Waals surface area contributed by atoms with Crippen molar-refractivity contribution in [3.8, 4) is 0 Å². The number of amides is 1. The Balaban J connectivity index is 0.00000338. The van der Waals surface area contributed by atoms with Crippen LogP contribution in [0.4, 0.5) is 4.39 Å². The number of carbonyl (C=O) groups is 1. The van der Waals surface area contributed by atoms with Crippen LogP contribution < -0.4 is 5.32 Å². The monoisotopic (exact) mass is 428 g/mol. The van der Waals surface area contributed by atoms with Crippen molar-refractivity contribution in [3.63, 3.8) is 0 Å². The minimum absolute atomic E-state index is 0. The minimum Gasteiger partial charge on any atom is -0.339 e. The van der Waals surface area contributed by atoms with Gasteiger partial charge in [0, 0.05) is 57.4 Å². The number of nitrogens with zero attached hydrogens (tertiary/aromatic N) is 3. The standard InChI is InChI=1S/C15H22ClFN4O3S.ClH/c1-19(10-12-13(16)4-3-5-14(12)17)25(23,24)20(2)11-15(22)21-8-6-18-7-9-21;/h3-5,18H,6-11H2,1-2H3;1H. The second-order valence-electron chi connectivity index (χ2n) is 5.85. The summed E-state index contributed by atoms with van der Waals surface area (Å²) in [6.45, 7) is 1.99. The highest BCUT2D eigenvalue weighted by molar-refractivity contribution is 7.86. The van der Waals surface area contributed by atoms with E-state index in [0.717, 1.165) is 8.61 Å². The van der Waals surface area contributed by atoms with E-state index in [-0.39, 0.29) is 42.0 Å². The SMILES string of the molecule is CN(CC(=O)N1CCNCC1)S(=O)(=O)N(C)Cc1c(F)cccc1Cl.Cl. The molecule has 0 spiro atoms. The summed E-state index contributed by atoms with van der Waals surface area (Å²) in [5.74, 6) is -0.834. The van der Waals surface area contributed by atoms with Gasteiger partial charge in [-0.2, -0.15) is 17.0 Å². The van der Waals surface area contributed by atoms with E-state index in [0.29, 0.717) is 26.2 Å². The average Bonchev–Trinajstić information content (AvgIpc) is 2.58. The molecule has 0 bridgehead atoms. The molecule has 148 valence electrons. The molecule has 1 aromatic carbocycles. The van der Waals surface area contributed by atoms with E-state index in [2.05, 4.69) is 5.32 Å². The summed E-state index contributed by atoms with van der Waals surface area (Å²) in [5, 5.41) is 3.28. The summed E-state index contributed by atoms with van der Waals surface area (Å²) in [7, 11) is -1.27. The minimum atomic E-state index is -3.93. The van der Waals surface area contributed by atoms with E-state index in [1.165, 1.54) is 32.3 Å². The second kappa shape index (κ2) is 9.82. The molecule has 0 atom stereocenters. The van der Waals surface area contributed by atoms with Crippen LogP contribution in [0.25, 0.3) is 0 Å². The van der Waals surface area contributed by atoms with Gasteiger partial charge in [0.15, 0.2) is 0 Å². The number of nitrogens with one attached hydrogen (secondary N) is 1. The lowest BCUT2D eigenvalue weighted by Gasteiger charge is -2.30. The van der Waals surface area contributed by atoms with Gasteiger partial charge in [-0.25, -0.2) is 4.39 Å². The van der Waals surface area contributed by atoms with Crippen molar-refractivity contribution >= 4 is 40.1 Å². The maximum absolute atomic E-state index is 13.9. The molecule has 0 saturated carbocycles. The van der Waals surface area contributed by atoms with Gasteiger partial charge in [0.1, 0.15) is 5.82 Å². The molecule has 7 nitrogen and oxygen atoms in total. The van der Waals surface area contributed by atoms with Crippen LogP contribution in [0.3, 0.4) is 0 Å². The third-order valence-corrected chi connectivity index (χ3v) is 6.25. The fraction of sp³-hybridized carbons (Fsp3) is 0.533. The number of rotatable bonds is 6. The first kappa shape index (κ1) is 23.1. The molecule has 1 aliphatic heterocycles. The first-order chi connectivity index (χ1) is 11.7. The van der Waals surface area contributed by atoms with Gasteiger partial charge in [-0.15, -0.1) is 12.4 Å². The molecule has 0 radical (unpaired) electrons. The van der Waals surface area contributed by atoms with Crippen molar-refractivity contribution in [1.29, 1.82) is 0 Å². The molecule has 1 aromatic rings. The number of likely N-dealkylation sites (N-methyl/N-ethyl adjacent to an activating group) is 1. The maximum Gasteiger partial charge on any atom is 0.282 e. The Kier molecular flexibility index (Phi) is 8.71. The van der Waals surface area contributed by atoms with Crippen LogP contribution in [0.1, 0.15) is 5.56 Å². The Labute approximate surface area is 164 Å². The lowest BCUT2D eigenvalue weighted by atomic mass is 10.2. The summed E-state index contributed by atoms with van der Waals surface area (Å²) in [6.07, 6.45) is 0. The molecule has 0 aliphatic carbocycles. The number of halogens is 3. The van der Waals surface area contributed by atoms with Crippen molar-refractivity contribution < 1.29 is 17.6 Å². The van der Waals surface area contributed by atoms with Gasteiger partial charge in [-0.3, -0.25) is 4.79 Å². The average molecular weight is 429 g/mol. The highest BCUT2D eigenvalue weighted by Crippen LogP contribution is 2.21. The van der Waals surface area contributed by atoms with Crippen LogP contribution in [0.15, 0.2) is 18.2 Å². The van der Waals surface area contributed by atoms with E-state index >= 15 is 0 Å². The van der Waals surface area contributed by atoms with Gasteiger partial charge in [-0.05, 0) is 12.1 Å². The predicted molar refractivity (Wildman–Crippen MR) is 101 cm³/mol. The molecule has 1 N–H and O–H groups in total. The van der Waals surface area contributed by atoms with E-state index in [9.17, 15) is 17.6 Å². The molecule has 0 unspecified atom stereocenters. The first-order valence-corrected chi connectivity index (χ1v) is 9.60. The Hall–Kier alpha value is -0.970. The van der Waals surface area contributed by atoms with Gasteiger partial charge in [0.05, 0.1) is 6.54 Å². The highest BCUT2D eigenvalue weighted by atomic mass is 35.5. The van der Waals surface area contributed by atoms with Crippen LogP contribution in [0.5, 0.6) is 0 Å². The molecule has 1 heterocycles. The number of piperazine rings is 1. The van der Waals surface area contributed by atoms with E-state index in [1.807, 2.05) is 0 Å². The van der Waals surface area contributed by atoms with Gasteiger partial charge >= 0.3 is 0 Å². The molecule has 0 aromatic heterocycles. The second-order valence-corrected chi connectivity index (χ2v) is 8.40. The summed E-state index contributed by atoms with van der Waals surface area (Å²) >= 11 is 5.95. The normalized spacial score (nSPS) is 15.2. The quantitative estimate of drug-likeness (QED) is 0.731. The number of hydrogen-bond donors (Lipinski definition) is 1. The van der Waals surface area contributed by atoms with Crippen LogP contribution in [0.2, 0.25) is 5.02 Å². The number of benzene rings is 1. The van der Waals surface area contributed by atoms with Crippen molar-refractivity contribution in [1.82, 2.24) is 18.8 Å². The van der Waals surface area contributed by atoms with E-state index in [4.69, 9.17) is 11.6 Å². The van der Waals surface area contributed by atoms with Gasteiger partial charge in [0.2, 0.25) is 5.91 Å². The molecular weight excluding hydrogens is 406 g/mol. The van der Waals surface area contributed by atoms with Crippen LogP contribution in [-0.4, -0.2) is 74.7 Å². The summed E-state index contributed by atoms with van der Waals surface area (Å²) in [6, 6.07) is 4.17. The zero-order valence-corrected chi connectivity index (χ0v) is 17.0. The number of hydrogen-bond acceptors (Lipinski definition) is 4. The zero-order chi connectivity index (χ0) is 18.6. The molecule has 1 amide bonds. The topological polar surface area (TPSA) is 73.0 Å². The number of carbonyl (C=O) groups excluding carboxylic acids is 1. The summed E-state index contributed by atoms with van der Waals surface area (Å²) < 4.78 is 41.0. The fourth-order valence-electron chi connectivity index (χ4n) is 2.51. The molecule has 11 heteroatoms. The van der Waals surface area contributed by atoms with Crippen molar-refractivity contribution in [3.05, 3.63) is 34.6 Å². The lowest BCUT2D eigenvalue weighted by Crippen LogP contribution is -2.51. The third-order valence-electron chi connectivity index (χ3n) is 4.06. The van der Waals surface area contributed by atoms with Crippen molar-refractivity contribution in [2.75, 3.05) is 46.8 Å². The highest BCUT2D eigenvalue weighted by Gasteiger charge is 2.28. The molecule has 1 aliphatic rings. The molecule has 2 rings (SSSR count). The van der Waals surface area contributed by atoms with Crippen molar-refractivity contribution in [2.45, 2.75) is 6.54 Å². The summed E-state index contributed by atoms with van der Waals surface area (Å²) in [5.41, 5.74) is 0.0945. The van der Waals surface area contributed by atoms with Gasteiger partial charge in [-0.1, -0.05) is 17.7 Å². The van der Waals surface area contributed by atoms with Gasteiger partial charge < -0.3 is 10.2 Å². The molecular formula is C15H23Cl2FN4O3S. The molecule has 26 heavy (non-hydrogen) atoms. The predicted octanol–water partition coefficient (Wildman–Crippen LogP) is 0.941. The zero-order valence-electron chi connectivity index (χ0n) is 14.6. The Morgan fingerprint density at radius 2 is 1.88 bits per heavy atom. The van der Waals surface area contributed by atoms with E-state index in [1.54, 1.807) is 4.90 Å². The van der Waals surface area contributed by atoms with Crippen molar-refractivity contribution in [2.24, 2.45) is 0 Å². The van der Waals surface area contributed by atoms with Crippen LogP contribution >= 0.6 is 24.0 Å². The van der Waals surface area contributed by atoms with E-state index < -0.39 is 16.0 Å². The summed E-state index contributed by atoms with van der Waals surface area (Å²) in [4.78, 5) is 13.9. The van der Waals surface area contributed by atoms with Crippen LogP contribution in [-0.2, 0) is 21.5 Å². The maximum atomic E-state index is 13.9.